The van der Waals surface area contributed by atoms with Gasteiger partial charge in [-0.15, -0.1) is 11.3 Å². The molecule has 18 heavy (non-hydrogen) atoms. The summed E-state index contributed by atoms with van der Waals surface area (Å²) < 4.78 is 1.69. The standard InChI is InChI=1S/C13H15ClN2OS/c1-4-9-5-6-18-13(9)11(17)7-10-12(14)8(2)15-16(10)3/h5-6H,4,7H2,1-3H3. The van der Waals surface area contributed by atoms with Crippen LogP contribution in [0.3, 0.4) is 0 Å². The molecule has 96 valence electrons. The van der Waals surface area contributed by atoms with Crippen molar-refractivity contribution in [3.05, 3.63) is 38.3 Å². The van der Waals surface area contributed by atoms with Gasteiger partial charge in [-0.2, -0.15) is 5.10 Å². The van der Waals surface area contributed by atoms with Crippen LogP contribution in [0, 0.1) is 6.92 Å². The minimum atomic E-state index is 0.117. The van der Waals surface area contributed by atoms with Crippen molar-refractivity contribution >= 4 is 28.7 Å². The monoisotopic (exact) mass is 282 g/mol. The molecule has 0 aliphatic carbocycles. The van der Waals surface area contributed by atoms with Crippen LogP contribution < -0.4 is 0 Å². The zero-order valence-electron chi connectivity index (χ0n) is 10.7. The lowest BCUT2D eigenvalue weighted by Gasteiger charge is -2.03. The lowest BCUT2D eigenvalue weighted by molar-refractivity contribution is 0.0994. The molecule has 0 radical (unpaired) electrons. The number of nitrogens with zero attached hydrogens (tertiary/aromatic N) is 2. The molecule has 0 amide bonds. The predicted molar refractivity (Wildman–Crippen MR) is 74.7 cm³/mol. The molecule has 0 saturated heterocycles. The highest BCUT2D eigenvalue weighted by molar-refractivity contribution is 7.12. The first-order chi connectivity index (χ1) is 8.54. The molecule has 2 aromatic rings. The molecule has 0 aliphatic heterocycles. The zero-order chi connectivity index (χ0) is 13.3. The normalized spacial score (nSPS) is 10.9. The van der Waals surface area contributed by atoms with Gasteiger partial charge in [-0.1, -0.05) is 18.5 Å². The second kappa shape index (κ2) is 5.24. The van der Waals surface area contributed by atoms with E-state index in [4.69, 9.17) is 11.6 Å². The van der Waals surface area contributed by atoms with E-state index >= 15 is 0 Å². The molecular weight excluding hydrogens is 268 g/mol. The number of thiophene rings is 1. The fourth-order valence-corrected chi connectivity index (χ4v) is 3.13. The number of carbonyl (C=O) groups is 1. The van der Waals surface area contributed by atoms with Crippen molar-refractivity contribution in [1.82, 2.24) is 9.78 Å². The smallest absolute Gasteiger partial charge is 0.179 e. The van der Waals surface area contributed by atoms with E-state index in [1.807, 2.05) is 25.4 Å². The molecule has 2 heterocycles. The lowest BCUT2D eigenvalue weighted by Crippen LogP contribution is -2.08. The molecule has 2 rings (SSSR count). The van der Waals surface area contributed by atoms with Crippen molar-refractivity contribution in [3.8, 4) is 0 Å². The van der Waals surface area contributed by atoms with E-state index in [1.54, 1.807) is 4.68 Å². The SMILES string of the molecule is CCc1ccsc1C(=O)Cc1c(Cl)c(C)nn1C. The average molecular weight is 283 g/mol. The van der Waals surface area contributed by atoms with Crippen molar-refractivity contribution < 1.29 is 4.79 Å². The number of aromatic nitrogens is 2. The van der Waals surface area contributed by atoms with Crippen molar-refractivity contribution in [2.75, 3.05) is 0 Å². The van der Waals surface area contributed by atoms with Crippen LogP contribution >= 0.6 is 22.9 Å². The van der Waals surface area contributed by atoms with Gasteiger partial charge in [0.05, 0.1) is 27.7 Å². The number of hydrogen-bond donors (Lipinski definition) is 0. The summed E-state index contributed by atoms with van der Waals surface area (Å²) in [6.07, 6.45) is 1.19. The van der Waals surface area contributed by atoms with E-state index in [0.717, 1.165) is 28.2 Å². The minimum absolute atomic E-state index is 0.117. The molecule has 2 aromatic heterocycles. The van der Waals surface area contributed by atoms with Gasteiger partial charge in [-0.05, 0) is 30.4 Å². The molecular formula is C13H15ClN2OS. The summed E-state index contributed by atoms with van der Waals surface area (Å²) in [5, 5.41) is 6.78. The first-order valence-electron chi connectivity index (χ1n) is 5.82. The van der Waals surface area contributed by atoms with Crippen LogP contribution in [0.2, 0.25) is 5.02 Å². The van der Waals surface area contributed by atoms with Crippen molar-refractivity contribution in [2.45, 2.75) is 26.7 Å². The van der Waals surface area contributed by atoms with E-state index in [0.29, 0.717) is 11.4 Å². The van der Waals surface area contributed by atoms with Crippen LogP contribution in [0.5, 0.6) is 0 Å². The van der Waals surface area contributed by atoms with Crippen LogP contribution in [0.4, 0.5) is 0 Å². The number of rotatable bonds is 4. The Morgan fingerprint density at radius 3 is 2.83 bits per heavy atom. The predicted octanol–water partition coefficient (Wildman–Crippen LogP) is 3.43. The number of carbonyl (C=O) groups excluding carboxylic acids is 1. The second-order valence-corrected chi connectivity index (χ2v) is 5.49. The number of halogens is 1. The van der Waals surface area contributed by atoms with Gasteiger partial charge in [0.25, 0.3) is 0 Å². The van der Waals surface area contributed by atoms with E-state index in [-0.39, 0.29) is 5.78 Å². The van der Waals surface area contributed by atoms with Gasteiger partial charge in [-0.25, -0.2) is 0 Å². The van der Waals surface area contributed by atoms with Crippen LogP contribution in [0.1, 0.15) is 33.5 Å². The zero-order valence-corrected chi connectivity index (χ0v) is 12.2. The highest BCUT2D eigenvalue weighted by atomic mass is 35.5. The van der Waals surface area contributed by atoms with Crippen LogP contribution in [0.15, 0.2) is 11.4 Å². The average Bonchev–Trinajstić information content (AvgIpc) is 2.90. The van der Waals surface area contributed by atoms with Gasteiger partial charge in [0, 0.05) is 7.05 Å². The molecule has 0 fully saturated rings. The summed E-state index contributed by atoms with van der Waals surface area (Å²) in [7, 11) is 1.82. The Morgan fingerprint density at radius 1 is 1.56 bits per heavy atom. The lowest BCUT2D eigenvalue weighted by atomic mass is 10.1. The van der Waals surface area contributed by atoms with Crippen molar-refractivity contribution in [2.24, 2.45) is 7.05 Å². The Bertz CT molecular complexity index is 586. The molecule has 5 heteroatoms. The molecule has 0 saturated carbocycles. The summed E-state index contributed by atoms with van der Waals surface area (Å²) in [6, 6.07) is 2.01. The number of aryl methyl sites for hydroxylation is 3. The third kappa shape index (κ3) is 2.35. The number of ketones is 1. The first kappa shape index (κ1) is 13.3. The van der Waals surface area contributed by atoms with E-state index in [1.165, 1.54) is 11.3 Å². The van der Waals surface area contributed by atoms with Gasteiger partial charge in [-0.3, -0.25) is 9.48 Å². The summed E-state index contributed by atoms with van der Waals surface area (Å²) >= 11 is 7.66. The molecule has 0 spiro atoms. The number of Topliss-reactive ketones (excluding diaryl/α,β-unsaturated/α-hetero) is 1. The fourth-order valence-electron chi connectivity index (χ4n) is 1.96. The van der Waals surface area contributed by atoms with Crippen LogP contribution in [-0.4, -0.2) is 15.6 Å². The van der Waals surface area contributed by atoms with Crippen LogP contribution in [0.25, 0.3) is 0 Å². The van der Waals surface area contributed by atoms with Gasteiger partial charge in [0.15, 0.2) is 5.78 Å². The Labute approximate surface area is 115 Å². The van der Waals surface area contributed by atoms with E-state index in [2.05, 4.69) is 12.0 Å². The van der Waals surface area contributed by atoms with Gasteiger partial charge in [0.2, 0.25) is 0 Å². The van der Waals surface area contributed by atoms with Crippen molar-refractivity contribution in [1.29, 1.82) is 0 Å². The first-order valence-corrected chi connectivity index (χ1v) is 7.07. The number of hydrogen-bond acceptors (Lipinski definition) is 3. The fraction of sp³-hybridized carbons (Fsp3) is 0.385. The minimum Gasteiger partial charge on any atom is -0.293 e. The third-order valence-corrected chi connectivity index (χ3v) is 4.46. The molecule has 0 aromatic carbocycles. The topological polar surface area (TPSA) is 34.9 Å². The molecule has 0 bridgehead atoms. The summed E-state index contributed by atoms with van der Waals surface area (Å²) in [6.45, 7) is 3.90. The van der Waals surface area contributed by atoms with Gasteiger partial charge < -0.3 is 0 Å². The molecule has 3 nitrogen and oxygen atoms in total. The van der Waals surface area contributed by atoms with E-state index < -0.39 is 0 Å². The summed E-state index contributed by atoms with van der Waals surface area (Å²) in [4.78, 5) is 13.1. The van der Waals surface area contributed by atoms with Crippen molar-refractivity contribution in [3.63, 3.8) is 0 Å². The molecule has 0 aliphatic rings. The molecule has 0 unspecified atom stereocenters. The van der Waals surface area contributed by atoms with E-state index in [9.17, 15) is 4.79 Å². The Balaban J connectivity index is 2.27. The second-order valence-electron chi connectivity index (χ2n) is 4.20. The Hall–Kier alpha value is -1.13. The third-order valence-electron chi connectivity index (χ3n) is 2.97. The summed E-state index contributed by atoms with van der Waals surface area (Å²) in [5.41, 5.74) is 2.67. The Morgan fingerprint density at radius 2 is 2.28 bits per heavy atom. The molecule has 0 N–H and O–H groups in total. The highest BCUT2D eigenvalue weighted by Gasteiger charge is 2.18. The van der Waals surface area contributed by atoms with Gasteiger partial charge in [0.1, 0.15) is 0 Å². The summed E-state index contributed by atoms with van der Waals surface area (Å²) in [5.74, 6) is 0.117. The maximum absolute atomic E-state index is 12.3. The Kier molecular flexibility index (Phi) is 3.88. The maximum atomic E-state index is 12.3. The van der Waals surface area contributed by atoms with Crippen LogP contribution in [-0.2, 0) is 19.9 Å². The van der Waals surface area contributed by atoms with Gasteiger partial charge >= 0.3 is 0 Å². The highest BCUT2D eigenvalue weighted by Crippen LogP contribution is 2.24. The quantitative estimate of drug-likeness (QED) is 0.805. The molecule has 0 atom stereocenters. The largest absolute Gasteiger partial charge is 0.293 e. The maximum Gasteiger partial charge on any atom is 0.179 e.